The fourth-order valence-corrected chi connectivity index (χ4v) is 1.05. The van der Waals surface area contributed by atoms with Crippen molar-refractivity contribution < 1.29 is 5.11 Å². The molecule has 1 aromatic rings. The van der Waals surface area contributed by atoms with E-state index in [1.54, 1.807) is 12.4 Å². The third-order valence-electron chi connectivity index (χ3n) is 1.97. The Kier molecular flexibility index (Phi) is 4.12. The van der Waals surface area contributed by atoms with E-state index in [1.165, 1.54) is 0 Å². The number of aromatic nitrogens is 2. The van der Waals surface area contributed by atoms with Crippen LogP contribution in [0.3, 0.4) is 0 Å². The zero-order valence-electron chi connectivity index (χ0n) is 8.27. The molecule has 1 atom stereocenters. The first kappa shape index (κ1) is 10.7. The van der Waals surface area contributed by atoms with E-state index in [9.17, 15) is 5.11 Å². The van der Waals surface area contributed by atoms with Gasteiger partial charge in [-0.2, -0.15) is 0 Å². The minimum absolute atomic E-state index is 0.264. The summed E-state index contributed by atoms with van der Waals surface area (Å²) in [4.78, 5) is 7.91. The Bertz CT molecular complexity index is 279. The monoisotopic (exact) mass is 196 g/mol. The molecule has 0 radical (unpaired) electrons. The van der Waals surface area contributed by atoms with Crippen molar-refractivity contribution in [3.8, 4) is 0 Å². The SMILES string of the molecule is CCC(O)CCNc1nccnc1N. The molecule has 5 nitrogen and oxygen atoms in total. The van der Waals surface area contributed by atoms with Crippen molar-refractivity contribution in [3.05, 3.63) is 12.4 Å². The first-order valence-electron chi connectivity index (χ1n) is 4.72. The molecule has 4 N–H and O–H groups in total. The van der Waals surface area contributed by atoms with Crippen molar-refractivity contribution in [2.24, 2.45) is 0 Å². The lowest BCUT2D eigenvalue weighted by Crippen LogP contribution is -2.14. The zero-order valence-corrected chi connectivity index (χ0v) is 8.27. The molecule has 0 fully saturated rings. The van der Waals surface area contributed by atoms with Crippen molar-refractivity contribution in [2.75, 3.05) is 17.6 Å². The Balaban J connectivity index is 2.35. The molecule has 0 aliphatic heterocycles. The Morgan fingerprint density at radius 3 is 2.86 bits per heavy atom. The summed E-state index contributed by atoms with van der Waals surface area (Å²) in [5.41, 5.74) is 5.57. The molecule has 0 saturated carbocycles. The maximum absolute atomic E-state index is 9.30. The van der Waals surface area contributed by atoms with Gasteiger partial charge in [0.15, 0.2) is 11.6 Å². The minimum atomic E-state index is -0.264. The van der Waals surface area contributed by atoms with Crippen LogP contribution in [0.2, 0.25) is 0 Å². The van der Waals surface area contributed by atoms with Gasteiger partial charge < -0.3 is 16.2 Å². The molecule has 0 saturated heterocycles. The van der Waals surface area contributed by atoms with E-state index in [4.69, 9.17) is 5.73 Å². The van der Waals surface area contributed by atoms with Crippen LogP contribution >= 0.6 is 0 Å². The highest BCUT2D eigenvalue weighted by atomic mass is 16.3. The van der Waals surface area contributed by atoms with Crippen LogP contribution in [0.1, 0.15) is 19.8 Å². The highest BCUT2D eigenvalue weighted by Gasteiger charge is 2.02. The predicted molar refractivity (Wildman–Crippen MR) is 55.8 cm³/mol. The number of anilines is 2. The molecule has 1 unspecified atom stereocenters. The van der Waals surface area contributed by atoms with Crippen LogP contribution in [0.5, 0.6) is 0 Å². The van der Waals surface area contributed by atoms with Gasteiger partial charge in [0.2, 0.25) is 0 Å². The smallest absolute Gasteiger partial charge is 0.168 e. The summed E-state index contributed by atoms with van der Waals surface area (Å²) in [7, 11) is 0. The first-order valence-corrected chi connectivity index (χ1v) is 4.72. The molecule has 0 aromatic carbocycles. The Hall–Kier alpha value is -1.36. The van der Waals surface area contributed by atoms with Gasteiger partial charge in [0.25, 0.3) is 0 Å². The van der Waals surface area contributed by atoms with Crippen molar-refractivity contribution in [3.63, 3.8) is 0 Å². The number of aliphatic hydroxyl groups is 1. The largest absolute Gasteiger partial charge is 0.393 e. The summed E-state index contributed by atoms with van der Waals surface area (Å²) in [6.07, 6.45) is 4.31. The maximum atomic E-state index is 9.30. The van der Waals surface area contributed by atoms with Gasteiger partial charge in [0.1, 0.15) is 0 Å². The van der Waals surface area contributed by atoms with E-state index in [-0.39, 0.29) is 6.10 Å². The topological polar surface area (TPSA) is 84.1 Å². The third kappa shape index (κ3) is 3.18. The summed E-state index contributed by atoms with van der Waals surface area (Å²) >= 11 is 0. The molecule has 0 bridgehead atoms. The number of hydrogen-bond acceptors (Lipinski definition) is 5. The molecule has 5 heteroatoms. The lowest BCUT2D eigenvalue weighted by Gasteiger charge is -2.09. The zero-order chi connectivity index (χ0) is 10.4. The lowest BCUT2D eigenvalue weighted by molar-refractivity contribution is 0.164. The van der Waals surface area contributed by atoms with E-state index < -0.39 is 0 Å². The van der Waals surface area contributed by atoms with Crippen molar-refractivity contribution in [1.82, 2.24) is 9.97 Å². The van der Waals surface area contributed by atoms with Gasteiger partial charge >= 0.3 is 0 Å². The van der Waals surface area contributed by atoms with Gasteiger partial charge in [0.05, 0.1) is 6.10 Å². The van der Waals surface area contributed by atoms with E-state index in [0.29, 0.717) is 24.6 Å². The third-order valence-corrected chi connectivity index (χ3v) is 1.97. The average Bonchev–Trinajstić information content (AvgIpc) is 2.20. The molecule has 0 aliphatic carbocycles. The predicted octanol–water partition coefficient (Wildman–Crippen LogP) is 0.632. The Labute approximate surface area is 83.4 Å². The summed E-state index contributed by atoms with van der Waals surface area (Å²) in [6, 6.07) is 0. The molecule has 0 aliphatic rings. The summed E-state index contributed by atoms with van der Waals surface area (Å²) in [5, 5.41) is 12.3. The van der Waals surface area contributed by atoms with Gasteiger partial charge in [0, 0.05) is 18.9 Å². The van der Waals surface area contributed by atoms with E-state index >= 15 is 0 Å². The summed E-state index contributed by atoms with van der Waals surface area (Å²) in [6.45, 7) is 2.60. The van der Waals surface area contributed by atoms with Crippen LogP contribution in [0.4, 0.5) is 11.6 Å². The summed E-state index contributed by atoms with van der Waals surface area (Å²) in [5.74, 6) is 0.967. The van der Waals surface area contributed by atoms with Gasteiger partial charge in [-0.05, 0) is 12.8 Å². The van der Waals surface area contributed by atoms with Crippen LogP contribution in [0.25, 0.3) is 0 Å². The molecular weight excluding hydrogens is 180 g/mol. The molecule has 0 amide bonds. The van der Waals surface area contributed by atoms with Crippen molar-refractivity contribution in [2.45, 2.75) is 25.9 Å². The lowest BCUT2D eigenvalue weighted by atomic mass is 10.2. The van der Waals surface area contributed by atoms with E-state index in [2.05, 4.69) is 15.3 Å². The van der Waals surface area contributed by atoms with Crippen LogP contribution in [0.15, 0.2) is 12.4 Å². The Morgan fingerprint density at radius 2 is 2.21 bits per heavy atom. The number of aliphatic hydroxyl groups excluding tert-OH is 1. The van der Waals surface area contributed by atoms with Gasteiger partial charge in [-0.15, -0.1) is 0 Å². The quantitative estimate of drug-likeness (QED) is 0.643. The number of nitrogens with zero attached hydrogens (tertiary/aromatic N) is 2. The molecule has 78 valence electrons. The highest BCUT2D eigenvalue weighted by molar-refractivity contribution is 5.54. The molecule has 14 heavy (non-hydrogen) atoms. The Morgan fingerprint density at radius 1 is 1.50 bits per heavy atom. The highest BCUT2D eigenvalue weighted by Crippen LogP contribution is 2.09. The normalized spacial score (nSPS) is 12.4. The second-order valence-corrected chi connectivity index (χ2v) is 3.07. The van der Waals surface area contributed by atoms with Crippen molar-refractivity contribution >= 4 is 11.6 Å². The minimum Gasteiger partial charge on any atom is -0.393 e. The fraction of sp³-hybridized carbons (Fsp3) is 0.556. The number of rotatable bonds is 5. The second-order valence-electron chi connectivity index (χ2n) is 3.07. The summed E-state index contributed by atoms with van der Waals surface area (Å²) < 4.78 is 0. The van der Waals surface area contributed by atoms with Gasteiger partial charge in [-0.1, -0.05) is 6.92 Å². The van der Waals surface area contributed by atoms with Crippen LogP contribution in [-0.2, 0) is 0 Å². The van der Waals surface area contributed by atoms with Crippen LogP contribution < -0.4 is 11.1 Å². The van der Waals surface area contributed by atoms with Gasteiger partial charge in [-0.3, -0.25) is 0 Å². The van der Waals surface area contributed by atoms with Crippen LogP contribution in [0, 0.1) is 0 Å². The van der Waals surface area contributed by atoms with Gasteiger partial charge in [-0.25, -0.2) is 9.97 Å². The number of nitrogen functional groups attached to an aromatic ring is 1. The van der Waals surface area contributed by atoms with Crippen molar-refractivity contribution in [1.29, 1.82) is 0 Å². The second kappa shape index (κ2) is 5.39. The molecule has 1 rings (SSSR count). The fourth-order valence-electron chi connectivity index (χ4n) is 1.05. The van der Waals surface area contributed by atoms with E-state index in [1.807, 2.05) is 6.92 Å². The average molecular weight is 196 g/mol. The maximum Gasteiger partial charge on any atom is 0.168 e. The molecule has 1 heterocycles. The number of nitrogens with one attached hydrogen (secondary N) is 1. The van der Waals surface area contributed by atoms with Crippen LogP contribution in [-0.4, -0.2) is 27.7 Å². The van der Waals surface area contributed by atoms with E-state index in [0.717, 1.165) is 6.42 Å². The number of nitrogens with two attached hydrogens (primary N) is 1. The molecular formula is C9H16N4O. The molecule has 0 spiro atoms. The number of hydrogen-bond donors (Lipinski definition) is 3. The standard InChI is InChI=1S/C9H16N4O/c1-2-7(14)3-4-12-9-8(10)11-5-6-13-9/h5-7,14H,2-4H2,1H3,(H2,10,11)(H,12,13). The first-order chi connectivity index (χ1) is 6.74. The molecule has 1 aromatic heterocycles.